The van der Waals surface area contributed by atoms with E-state index in [9.17, 15) is 4.57 Å². The highest BCUT2D eigenvalue weighted by Crippen LogP contribution is 2.48. The van der Waals surface area contributed by atoms with Crippen LogP contribution in [0.2, 0.25) is 0 Å². The molecule has 0 N–H and O–H groups in total. The fourth-order valence-corrected chi connectivity index (χ4v) is 4.53. The Hall–Kier alpha value is 0.190. The molecule has 0 atom stereocenters. The summed E-state index contributed by atoms with van der Waals surface area (Å²) in [4.78, 5) is 0. The van der Waals surface area contributed by atoms with Gasteiger partial charge in [0.1, 0.15) is 0 Å². The predicted octanol–water partition coefficient (Wildman–Crippen LogP) is 6.24. The normalized spacial score (nSPS) is 11.9. The largest absolute Gasteiger partial charge is 0.328 e. The summed E-state index contributed by atoms with van der Waals surface area (Å²) >= 11 is 0. The van der Waals surface area contributed by atoms with E-state index in [1.807, 2.05) is 0 Å². The molecule has 0 aromatic rings. The van der Waals surface area contributed by atoms with Crippen LogP contribution in [0.3, 0.4) is 0 Å². The van der Waals surface area contributed by atoms with E-state index in [-0.39, 0.29) is 0 Å². The Bertz CT molecular complexity index is 213. The van der Waals surface area contributed by atoms with Crippen LogP contribution < -0.4 is 0 Å². The molecule has 0 heterocycles. The first-order valence-corrected chi connectivity index (χ1v) is 10.4. The molecular formula is C16H35O2P. The molecule has 0 fully saturated rings. The standard InChI is InChI=1S/C16H35O2P/c1-4-7-10-12-15-19(17,18-14-9-6-3)16-13-11-8-5-2/h4-16H2,1-3H3. The summed E-state index contributed by atoms with van der Waals surface area (Å²) in [7, 11) is -2.33. The first-order valence-electron chi connectivity index (χ1n) is 8.41. The van der Waals surface area contributed by atoms with Gasteiger partial charge in [0.15, 0.2) is 0 Å². The Morgan fingerprint density at radius 2 is 1.16 bits per heavy atom. The molecule has 0 aromatic heterocycles. The summed E-state index contributed by atoms with van der Waals surface area (Å²) in [6, 6.07) is 0. The lowest BCUT2D eigenvalue weighted by atomic mass is 10.2. The van der Waals surface area contributed by atoms with E-state index in [0.717, 1.165) is 38.0 Å². The van der Waals surface area contributed by atoms with Crippen molar-refractivity contribution in [2.24, 2.45) is 0 Å². The van der Waals surface area contributed by atoms with E-state index in [2.05, 4.69) is 20.8 Å². The lowest BCUT2D eigenvalue weighted by Crippen LogP contribution is -2.02. The second-order valence-corrected chi connectivity index (χ2v) is 8.35. The molecular weight excluding hydrogens is 255 g/mol. The minimum Gasteiger partial charge on any atom is -0.328 e. The van der Waals surface area contributed by atoms with Crippen molar-refractivity contribution in [2.75, 3.05) is 18.9 Å². The van der Waals surface area contributed by atoms with Gasteiger partial charge < -0.3 is 4.52 Å². The van der Waals surface area contributed by atoms with Crippen LogP contribution in [0, 0.1) is 0 Å². The first-order chi connectivity index (χ1) is 9.18. The van der Waals surface area contributed by atoms with Gasteiger partial charge in [0.2, 0.25) is 7.37 Å². The van der Waals surface area contributed by atoms with Crippen LogP contribution in [0.15, 0.2) is 0 Å². The highest BCUT2D eigenvalue weighted by Gasteiger charge is 2.21. The highest BCUT2D eigenvalue weighted by molar-refractivity contribution is 7.58. The Morgan fingerprint density at radius 1 is 0.684 bits per heavy atom. The summed E-state index contributed by atoms with van der Waals surface area (Å²) in [6.45, 7) is 7.26. The van der Waals surface area contributed by atoms with Crippen LogP contribution in [0.4, 0.5) is 0 Å². The molecule has 0 saturated heterocycles. The van der Waals surface area contributed by atoms with Crippen molar-refractivity contribution in [3.05, 3.63) is 0 Å². The SMILES string of the molecule is CCCCCCP(=O)(CCCCCC)OCCCC. The van der Waals surface area contributed by atoms with E-state index >= 15 is 0 Å². The summed E-state index contributed by atoms with van der Waals surface area (Å²) in [5.74, 6) is 0. The van der Waals surface area contributed by atoms with Crippen molar-refractivity contribution in [3.8, 4) is 0 Å². The topological polar surface area (TPSA) is 26.3 Å². The number of rotatable bonds is 14. The second kappa shape index (κ2) is 13.2. The second-order valence-electron chi connectivity index (χ2n) is 5.57. The van der Waals surface area contributed by atoms with Crippen molar-refractivity contribution in [1.82, 2.24) is 0 Å². The zero-order valence-corrected chi connectivity index (χ0v) is 14.4. The molecule has 0 amide bonds. The van der Waals surface area contributed by atoms with Gasteiger partial charge in [-0.25, -0.2) is 0 Å². The van der Waals surface area contributed by atoms with Gasteiger partial charge in [-0.3, -0.25) is 4.57 Å². The third-order valence-electron chi connectivity index (χ3n) is 3.53. The van der Waals surface area contributed by atoms with E-state index in [1.54, 1.807) is 0 Å². The minimum atomic E-state index is -2.33. The summed E-state index contributed by atoms with van der Waals surface area (Å²) in [5, 5.41) is 0. The van der Waals surface area contributed by atoms with E-state index in [1.165, 1.54) is 38.5 Å². The van der Waals surface area contributed by atoms with Crippen molar-refractivity contribution in [2.45, 2.75) is 85.0 Å². The van der Waals surface area contributed by atoms with Crippen LogP contribution in [0.1, 0.15) is 85.0 Å². The Balaban J connectivity index is 4.00. The van der Waals surface area contributed by atoms with Gasteiger partial charge in [0.05, 0.1) is 6.61 Å². The van der Waals surface area contributed by atoms with Crippen molar-refractivity contribution in [3.63, 3.8) is 0 Å². The maximum Gasteiger partial charge on any atom is 0.203 e. The van der Waals surface area contributed by atoms with Crippen LogP contribution in [-0.2, 0) is 9.09 Å². The van der Waals surface area contributed by atoms with E-state index in [4.69, 9.17) is 4.52 Å². The monoisotopic (exact) mass is 290 g/mol. The Labute approximate surface area is 121 Å². The molecule has 0 aliphatic heterocycles. The number of unbranched alkanes of at least 4 members (excludes halogenated alkanes) is 7. The molecule has 0 aliphatic rings. The fraction of sp³-hybridized carbons (Fsp3) is 1.00. The zero-order valence-electron chi connectivity index (χ0n) is 13.5. The highest BCUT2D eigenvalue weighted by atomic mass is 31.2. The molecule has 0 aromatic carbocycles. The van der Waals surface area contributed by atoms with Gasteiger partial charge in [-0.15, -0.1) is 0 Å². The van der Waals surface area contributed by atoms with Gasteiger partial charge in [-0.1, -0.05) is 65.7 Å². The van der Waals surface area contributed by atoms with Gasteiger partial charge in [-0.05, 0) is 19.3 Å². The smallest absolute Gasteiger partial charge is 0.203 e. The molecule has 0 radical (unpaired) electrons. The van der Waals surface area contributed by atoms with E-state index in [0.29, 0.717) is 6.61 Å². The number of hydrogen-bond acceptors (Lipinski definition) is 2. The van der Waals surface area contributed by atoms with Crippen molar-refractivity contribution in [1.29, 1.82) is 0 Å². The average molecular weight is 290 g/mol. The van der Waals surface area contributed by atoms with Crippen LogP contribution in [0.25, 0.3) is 0 Å². The van der Waals surface area contributed by atoms with Gasteiger partial charge in [-0.2, -0.15) is 0 Å². The summed E-state index contributed by atoms with van der Waals surface area (Å²) < 4.78 is 18.6. The molecule has 0 rings (SSSR count). The third kappa shape index (κ3) is 11.7. The molecule has 116 valence electrons. The molecule has 19 heavy (non-hydrogen) atoms. The maximum absolute atomic E-state index is 12.8. The van der Waals surface area contributed by atoms with Crippen molar-refractivity contribution < 1.29 is 9.09 Å². The molecule has 0 saturated carbocycles. The molecule has 0 aliphatic carbocycles. The van der Waals surface area contributed by atoms with Gasteiger partial charge in [0.25, 0.3) is 0 Å². The predicted molar refractivity (Wildman–Crippen MR) is 86.5 cm³/mol. The van der Waals surface area contributed by atoms with Gasteiger partial charge >= 0.3 is 0 Å². The Morgan fingerprint density at radius 3 is 1.58 bits per heavy atom. The molecule has 0 spiro atoms. The summed E-state index contributed by atoms with van der Waals surface area (Å²) in [6.07, 6.45) is 13.3. The zero-order chi connectivity index (χ0) is 14.4. The molecule has 0 bridgehead atoms. The third-order valence-corrected chi connectivity index (χ3v) is 6.18. The first kappa shape index (κ1) is 19.2. The Kier molecular flexibility index (Phi) is 13.3. The average Bonchev–Trinajstić information content (AvgIpc) is 2.41. The fourth-order valence-electron chi connectivity index (χ4n) is 2.18. The van der Waals surface area contributed by atoms with Crippen LogP contribution in [-0.4, -0.2) is 18.9 Å². The van der Waals surface area contributed by atoms with Crippen molar-refractivity contribution >= 4 is 7.37 Å². The summed E-state index contributed by atoms with van der Waals surface area (Å²) in [5.41, 5.74) is 0. The maximum atomic E-state index is 12.8. The molecule has 2 nitrogen and oxygen atoms in total. The van der Waals surface area contributed by atoms with Crippen LogP contribution in [0.5, 0.6) is 0 Å². The lowest BCUT2D eigenvalue weighted by Gasteiger charge is -2.18. The van der Waals surface area contributed by atoms with E-state index < -0.39 is 7.37 Å². The molecule has 3 heteroatoms. The minimum absolute atomic E-state index is 0.690. The lowest BCUT2D eigenvalue weighted by molar-refractivity contribution is 0.304. The van der Waals surface area contributed by atoms with Crippen LogP contribution >= 0.6 is 7.37 Å². The number of hydrogen-bond donors (Lipinski definition) is 0. The van der Waals surface area contributed by atoms with Gasteiger partial charge in [0, 0.05) is 12.3 Å². The quantitative estimate of drug-likeness (QED) is 0.279. The molecule has 0 unspecified atom stereocenters.